The third-order valence-corrected chi connectivity index (χ3v) is 5.16. The molecule has 3 rings (SSSR count). The van der Waals surface area contributed by atoms with Gasteiger partial charge in [0.2, 0.25) is 5.43 Å². The topological polar surface area (TPSA) is 39.4 Å². The van der Waals surface area contributed by atoms with Gasteiger partial charge in [-0.25, -0.2) is 0 Å². The van der Waals surface area contributed by atoms with E-state index in [0.717, 1.165) is 28.0 Å². The predicted molar refractivity (Wildman–Crippen MR) is 130 cm³/mol. The van der Waals surface area contributed by atoms with E-state index in [1.165, 1.54) is 0 Å². The van der Waals surface area contributed by atoms with E-state index in [1.807, 2.05) is 75.4 Å². The Labute approximate surface area is 184 Å². The summed E-state index contributed by atoms with van der Waals surface area (Å²) < 4.78 is 12.2. The number of allylic oxidation sites excluding steroid dienone is 5. The first-order valence-corrected chi connectivity index (χ1v) is 10.6. The van der Waals surface area contributed by atoms with Crippen LogP contribution in [0.3, 0.4) is 0 Å². The van der Waals surface area contributed by atoms with Crippen molar-refractivity contribution in [2.45, 2.75) is 47.1 Å². The van der Waals surface area contributed by atoms with Crippen LogP contribution in [0.4, 0.5) is 0 Å². The lowest BCUT2D eigenvalue weighted by Gasteiger charge is -2.16. The Bertz CT molecular complexity index is 1200. The molecule has 3 aromatic rings. The van der Waals surface area contributed by atoms with Crippen molar-refractivity contribution in [2.24, 2.45) is 0 Å². The Morgan fingerprint density at radius 3 is 2.45 bits per heavy atom. The predicted octanol–water partition coefficient (Wildman–Crippen LogP) is 7.34. The van der Waals surface area contributed by atoms with E-state index in [1.54, 1.807) is 6.08 Å². The van der Waals surface area contributed by atoms with Crippen LogP contribution in [0.5, 0.6) is 5.75 Å². The van der Waals surface area contributed by atoms with Crippen LogP contribution in [0.25, 0.3) is 16.5 Å². The average molecular weight is 415 g/mol. The number of ether oxygens (including phenoxy) is 1. The first-order chi connectivity index (χ1) is 14.8. The van der Waals surface area contributed by atoms with Crippen LogP contribution in [0, 0.1) is 6.92 Å². The molecule has 0 atom stereocenters. The number of hydrogen-bond acceptors (Lipinski definition) is 3. The van der Waals surface area contributed by atoms with Gasteiger partial charge in [0.05, 0.1) is 10.9 Å². The average Bonchev–Trinajstić information content (AvgIpc) is 2.74. The Hall–Kier alpha value is -3.33. The summed E-state index contributed by atoms with van der Waals surface area (Å²) in [7, 11) is 0. The van der Waals surface area contributed by atoms with Gasteiger partial charge in [-0.2, -0.15) is 0 Å². The highest BCUT2D eigenvalue weighted by atomic mass is 16.5. The van der Waals surface area contributed by atoms with E-state index >= 15 is 0 Å². The molecule has 3 nitrogen and oxygen atoms in total. The third-order valence-electron chi connectivity index (χ3n) is 5.16. The smallest absolute Gasteiger partial charge is 0.200 e. The molecule has 1 aromatic heterocycles. The Kier molecular flexibility index (Phi) is 6.96. The summed E-state index contributed by atoms with van der Waals surface area (Å²) in [4.78, 5) is 13.4. The Balaban J connectivity index is 2.14. The van der Waals surface area contributed by atoms with Crippen molar-refractivity contribution in [3.63, 3.8) is 0 Å². The highest BCUT2D eigenvalue weighted by molar-refractivity contribution is 5.86. The van der Waals surface area contributed by atoms with Crippen molar-refractivity contribution in [2.75, 3.05) is 0 Å². The normalized spacial score (nSPS) is 11.6. The number of rotatable bonds is 7. The van der Waals surface area contributed by atoms with Gasteiger partial charge in [0.1, 0.15) is 23.7 Å². The summed E-state index contributed by atoms with van der Waals surface area (Å²) in [6.07, 6.45) is 5.58. The van der Waals surface area contributed by atoms with Crippen molar-refractivity contribution in [3.8, 4) is 5.75 Å². The summed E-state index contributed by atoms with van der Waals surface area (Å²) in [6.45, 7) is 14.4. The lowest BCUT2D eigenvalue weighted by Crippen LogP contribution is -2.11. The summed E-state index contributed by atoms with van der Waals surface area (Å²) >= 11 is 0. The highest BCUT2D eigenvalue weighted by Crippen LogP contribution is 2.32. The van der Waals surface area contributed by atoms with Gasteiger partial charge >= 0.3 is 0 Å². The molecule has 0 saturated carbocycles. The van der Waals surface area contributed by atoms with Gasteiger partial charge in [0.15, 0.2) is 0 Å². The minimum atomic E-state index is -0.0523. The zero-order valence-corrected chi connectivity index (χ0v) is 19.0. The third kappa shape index (κ3) is 5.05. The molecule has 0 bridgehead atoms. The fraction of sp³-hybridized carbons (Fsp3) is 0.250. The van der Waals surface area contributed by atoms with Crippen LogP contribution in [0.15, 0.2) is 82.1 Å². The maximum Gasteiger partial charge on any atom is 0.200 e. The van der Waals surface area contributed by atoms with Crippen molar-refractivity contribution in [1.82, 2.24) is 0 Å². The van der Waals surface area contributed by atoms with Gasteiger partial charge in [0.25, 0.3) is 0 Å². The van der Waals surface area contributed by atoms with Crippen LogP contribution >= 0.6 is 0 Å². The number of benzene rings is 2. The monoisotopic (exact) mass is 414 g/mol. The fourth-order valence-corrected chi connectivity index (χ4v) is 3.51. The number of hydrogen-bond donors (Lipinski definition) is 0. The van der Waals surface area contributed by atoms with Crippen molar-refractivity contribution < 1.29 is 9.15 Å². The van der Waals surface area contributed by atoms with Crippen LogP contribution in [-0.4, -0.2) is 0 Å². The highest BCUT2D eigenvalue weighted by Gasteiger charge is 2.18. The summed E-state index contributed by atoms with van der Waals surface area (Å²) in [5.74, 6) is 1.50. The molecule has 0 aliphatic rings. The van der Waals surface area contributed by atoms with E-state index < -0.39 is 0 Å². The first kappa shape index (κ1) is 22.4. The molecule has 3 heteroatoms. The first-order valence-electron chi connectivity index (χ1n) is 10.6. The van der Waals surface area contributed by atoms with Gasteiger partial charge in [-0.05, 0) is 49.5 Å². The Morgan fingerprint density at radius 1 is 1.13 bits per heavy atom. The summed E-state index contributed by atoms with van der Waals surface area (Å²) in [5.41, 5.74) is 5.00. The molecule has 2 aromatic carbocycles. The van der Waals surface area contributed by atoms with Crippen LogP contribution in [0.1, 0.15) is 56.1 Å². The SMILES string of the molecule is C=C/C(=C\C=C(C)C)c1c(C)oc2cc(OCc3ccccc3)c(C(C)C)cc2c1=O. The number of aryl methyl sites for hydroxylation is 1. The minimum absolute atomic E-state index is 0.0523. The Morgan fingerprint density at radius 2 is 1.84 bits per heavy atom. The molecule has 0 saturated heterocycles. The molecular formula is C28H30O3. The molecule has 160 valence electrons. The molecule has 1 heterocycles. The van der Waals surface area contributed by atoms with E-state index in [-0.39, 0.29) is 11.3 Å². The van der Waals surface area contributed by atoms with Gasteiger partial charge in [-0.1, -0.05) is 74.6 Å². The lowest BCUT2D eigenvalue weighted by molar-refractivity contribution is 0.301. The van der Waals surface area contributed by atoms with Gasteiger partial charge in [-0.3, -0.25) is 4.79 Å². The molecule has 0 unspecified atom stereocenters. The molecule has 31 heavy (non-hydrogen) atoms. The molecule has 0 aliphatic heterocycles. The molecule has 0 spiro atoms. The van der Waals surface area contributed by atoms with Crippen LogP contribution in [-0.2, 0) is 6.61 Å². The second-order valence-electron chi connectivity index (χ2n) is 8.25. The maximum absolute atomic E-state index is 13.4. The second-order valence-corrected chi connectivity index (χ2v) is 8.25. The van der Waals surface area contributed by atoms with Gasteiger partial charge < -0.3 is 9.15 Å². The van der Waals surface area contributed by atoms with E-state index in [4.69, 9.17) is 9.15 Å². The molecule has 0 N–H and O–H groups in total. The van der Waals surface area contributed by atoms with Gasteiger partial charge in [0, 0.05) is 6.07 Å². The number of fused-ring (bicyclic) bond motifs is 1. The van der Waals surface area contributed by atoms with Crippen molar-refractivity contribution >= 4 is 16.5 Å². The van der Waals surface area contributed by atoms with Crippen molar-refractivity contribution in [1.29, 1.82) is 0 Å². The summed E-state index contributed by atoms with van der Waals surface area (Å²) in [6, 6.07) is 13.8. The van der Waals surface area contributed by atoms with E-state index in [9.17, 15) is 4.79 Å². The summed E-state index contributed by atoms with van der Waals surface area (Å²) in [5, 5.41) is 0.557. The largest absolute Gasteiger partial charge is 0.488 e. The van der Waals surface area contributed by atoms with Crippen LogP contribution < -0.4 is 10.2 Å². The lowest BCUT2D eigenvalue weighted by atomic mass is 9.97. The van der Waals surface area contributed by atoms with Gasteiger partial charge in [-0.15, -0.1) is 0 Å². The maximum atomic E-state index is 13.4. The molecule has 0 aliphatic carbocycles. The molecular weight excluding hydrogens is 384 g/mol. The van der Waals surface area contributed by atoms with Crippen LogP contribution in [0.2, 0.25) is 0 Å². The zero-order valence-electron chi connectivity index (χ0n) is 19.0. The zero-order chi connectivity index (χ0) is 22.5. The van der Waals surface area contributed by atoms with E-state index in [0.29, 0.717) is 28.9 Å². The fourth-order valence-electron chi connectivity index (χ4n) is 3.51. The van der Waals surface area contributed by atoms with Crippen molar-refractivity contribution in [3.05, 3.63) is 106 Å². The molecule has 0 fully saturated rings. The molecule has 0 amide bonds. The second kappa shape index (κ2) is 9.65. The quantitative estimate of drug-likeness (QED) is 0.380. The molecule has 0 radical (unpaired) electrons. The van der Waals surface area contributed by atoms with E-state index in [2.05, 4.69) is 20.4 Å². The minimum Gasteiger partial charge on any atom is -0.488 e. The standard InChI is InChI=1S/C28H30O3/c1-7-22(14-13-18(2)3)27-20(6)31-26-16-25(30-17-21-11-9-8-10-12-21)23(19(4)5)15-24(26)28(27)29/h7-16,19H,1,17H2,2-6H3/b22-14+.